The van der Waals surface area contributed by atoms with Gasteiger partial charge in [-0.05, 0) is 43.5 Å². The van der Waals surface area contributed by atoms with Crippen molar-refractivity contribution in [1.82, 2.24) is 0 Å². The molecule has 0 radical (unpaired) electrons. The SMILES string of the molecule is Cc1ccc(C)c(CC(N)CSc2ccccc2Cl)c1. The Hall–Kier alpha value is -0.960. The molecule has 0 spiro atoms. The van der Waals surface area contributed by atoms with Gasteiger partial charge in [-0.15, -0.1) is 11.8 Å². The van der Waals surface area contributed by atoms with Gasteiger partial charge in [-0.2, -0.15) is 0 Å². The highest BCUT2D eigenvalue weighted by Crippen LogP contribution is 2.27. The average Bonchev–Trinajstić information content (AvgIpc) is 2.42. The third-order valence-corrected chi connectivity index (χ3v) is 4.98. The Morgan fingerprint density at radius 2 is 1.90 bits per heavy atom. The van der Waals surface area contributed by atoms with Crippen molar-refractivity contribution in [2.24, 2.45) is 5.73 Å². The van der Waals surface area contributed by atoms with Crippen LogP contribution < -0.4 is 5.73 Å². The van der Waals surface area contributed by atoms with Crippen LogP contribution in [0, 0.1) is 13.8 Å². The molecule has 0 bridgehead atoms. The fourth-order valence-corrected chi connectivity index (χ4v) is 3.31. The third kappa shape index (κ3) is 4.27. The second kappa shape index (κ2) is 7.16. The Bertz CT molecular complexity index is 583. The third-order valence-electron chi connectivity index (χ3n) is 3.28. The Balaban J connectivity index is 1.94. The first-order chi connectivity index (χ1) is 9.56. The summed E-state index contributed by atoms with van der Waals surface area (Å²) in [7, 11) is 0. The van der Waals surface area contributed by atoms with Crippen LogP contribution in [0.5, 0.6) is 0 Å². The number of hydrogen-bond acceptors (Lipinski definition) is 2. The topological polar surface area (TPSA) is 26.0 Å². The van der Waals surface area contributed by atoms with Crippen LogP contribution in [0.25, 0.3) is 0 Å². The van der Waals surface area contributed by atoms with Gasteiger partial charge >= 0.3 is 0 Å². The van der Waals surface area contributed by atoms with Crippen molar-refractivity contribution < 1.29 is 0 Å². The molecule has 1 nitrogen and oxygen atoms in total. The summed E-state index contributed by atoms with van der Waals surface area (Å²) in [4.78, 5) is 1.10. The highest BCUT2D eigenvalue weighted by molar-refractivity contribution is 7.99. The first kappa shape index (κ1) is 15.4. The van der Waals surface area contributed by atoms with Gasteiger partial charge in [0, 0.05) is 16.7 Å². The summed E-state index contributed by atoms with van der Waals surface area (Å²) in [6, 6.07) is 14.6. The van der Waals surface area contributed by atoms with Crippen LogP contribution in [0.15, 0.2) is 47.4 Å². The zero-order valence-corrected chi connectivity index (χ0v) is 13.5. The lowest BCUT2D eigenvalue weighted by Crippen LogP contribution is -2.26. The lowest BCUT2D eigenvalue weighted by molar-refractivity contribution is 0.744. The smallest absolute Gasteiger partial charge is 0.0541 e. The summed E-state index contributed by atoms with van der Waals surface area (Å²) in [6.45, 7) is 4.26. The maximum atomic E-state index is 6.26. The van der Waals surface area contributed by atoms with E-state index in [9.17, 15) is 0 Å². The summed E-state index contributed by atoms with van der Waals surface area (Å²) in [5, 5.41) is 0.802. The largest absolute Gasteiger partial charge is 0.327 e. The second-order valence-electron chi connectivity index (χ2n) is 5.14. The minimum atomic E-state index is 0.136. The summed E-state index contributed by atoms with van der Waals surface area (Å²) in [6.07, 6.45) is 0.908. The predicted octanol–water partition coefficient (Wildman–Crippen LogP) is 4.62. The summed E-state index contributed by atoms with van der Waals surface area (Å²) in [5.41, 5.74) is 10.2. The standard InChI is InChI=1S/C17H20ClNS/c1-12-7-8-13(2)14(9-12)10-15(19)11-20-17-6-4-3-5-16(17)18/h3-9,15H,10-11,19H2,1-2H3. The monoisotopic (exact) mass is 305 g/mol. The van der Waals surface area contributed by atoms with Crippen LogP contribution in [0.3, 0.4) is 0 Å². The number of nitrogens with two attached hydrogens (primary N) is 1. The molecule has 2 rings (SSSR count). The van der Waals surface area contributed by atoms with Crippen LogP contribution in [-0.2, 0) is 6.42 Å². The second-order valence-corrected chi connectivity index (χ2v) is 6.60. The molecule has 0 saturated carbocycles. The maximum absolute atomic E-state index is 6.26. The van der Waals surface area contributed by atoms with Crippen molar-refractivity contribution >= 4 is 23.4 Å². The highest BCUT2D eigenvalue weighted by atomic mass is 35.5. The summed E-state index contributed by atoms with van der Waals surface area (Å²) >= 11 is 7.88. The van der Waals surface area contributed by atoms with Gasteiger partial charge in [0.2, 0.25) is 0 Å². The number of rotatable bonds is 5. The Morgan fingerprint density at radius 1 is 1.15 bits per heavy atom. The van der Waals surface area contributed by atoms with Crippen molar-refractivity contribution in [2.75, 3.05) is 5.75 Å². The Morgan fingerprint density at radius 3 is 2.65 bits per heavy atom. The van der Waals surface area contributed by atoms with Crippen LogP contribution >= 0.6 is 23.4 Å². The molecular formula is C17H20ClNS. The van der Waals surface area contributed by atoms with E-state index in [2.05, 4.69) is 32.0 Å². The normalized spacial score (nSPS) is 12.4. The molecular weight excluding hydrogens is 286 g/mol. The van der Waals surface area contributed by atoms with Crippen LogP contribution in [0.4, 0.5) is 0 Å². The lowest BCUT2D eigenvalue weighted by atomic mass is 10.00. The van der Waals surface area contributed by atoms with Gasteiger partial charge in [0.25, 0.3) is 0 Å². The number of aryl methyl sites for hydroxylation is 2. The molecule has 0 amide bonds. The minimum Gasteiger partial charge on any atom is -0.327 e. The zero-order valence-electron chi connectivity index (χ0n) is 11.9. The van der Waals surface area contributed by atoms with Crippen molar-refractivity contribution in [2.45, 2.75) is 31.2 Å². The van der Waals surface area contributed by atoms with Gasteiger partial charge < -0.3 is 5.73 Å². The van der Waals surface area contributed by atoms with Crippen molar-refractivity contribution in [3.8, 4) is 0 Å². The van der Waals surface area contributed by atoms with E-state index < -0.39 is 0 Å². The molecule has 0 heterocycles. The van der Waals surface area contributed by atoms with Crippen LogP contribution in [0.1, 0.15) is 16.7 Å². The maximum Gasteiger partial charge on any atom is 0.0541 e. The van der Waals surface area contributed by atoms with Gasteiger partial charge in [-0.1, -0.05) is 47.5 Å². The fraction of sp³-hybridized carbons (Fsp3) is 0.294. The Kier molecular flexibility index (Phi) is 5.53. The molecule has 106 valence electrons. The van der Waals surface area contributed by atoms with Gasteiger partial charge in [0.15, 0.2) is 0 Å². The molecule has 0 aromatic heterocycles. The van der Waals surface area contributed by atoms with E-state index in [1.807, 2.05) is 24.3 Å². The quantitative estimate of drug-likeness (QED) is 0.816. The van der Waals surface area contributed by atoms with E-state index in [1.165, 1.54) is 16.7 Å². The lowest BCUT2D eigenvalue weighted by Gasteiger charge is -2.14. The van der Waals surface area contributed by atoms with E-state index in [4.69, 9.17) is 17.3 Å². The van der Waals surface area contributed by atoms with E-state index in [0.717, 1.165) is 22.1 Å². The number of halogens is 1. The molecule has 0 saturated heterocycles. The molecule has 2 aromatic carbocycles. The fourth-order valence-electron chi connectivity index (χ4n) is 2.12. The number of benzene rings is 2. The van der Waals surface area contributed by atoms with E-state index in [1.54, 1.807) is 11.8 Å². The van der Waals surface area contributed by atoms with Gasteiger partial charge in [0.1, 0.15) is 0 Å². The van der Waals surface area contributed by atoms with E-state index in [0.29, 0.717) is 0 Å². The van der Waals surface area contributed by atoms with E-state index >= 15 is 0 Å². The molecule has 1 atom stereocenters. The zero-order chi connectivity index (χ0) is 14.5. The first-order valence-corrected chi connectivity index (χ1v) is 8.11. The molecule has 2 N–H and O–H groups in total. The van der Waals surface area contributed by atoms with Crippen molar-refractivity contribution in [3.05, 3.63) is 64.2 Å². The highest BCUT2D eigenvalue weighted by Gasteiger charge is 2.08. The van der Waals surface area contributed by atoms with Crippen LogP contribution in [-0.4, -0.2) is 11.8 Å². The molecule has 20 heavy (non-hydrogen) atoms. The van der Waals surface area contributed by atoms with Gasteiger partial charge in [-0.3, -0.25) is 0 Å². The molecule has 0 aliphatic carbocycles. The average molecular weight is 306 g/mol. The number of thioether (sulfide) groups is 1. The minimum absolute atomic E-state index is 0.136. The summed E-state index contributed by atoms with van der Waals surface area (Å²) in [5.74, 6) is 0.872. The molecule has 2 aromatic rings. The van der Waals surface area contributed by atoms with Crippen molar-refractivity contribution in [3.63, 3.8) is 0 Å². The first-order valence-electron chi connectivity index (χ1n) is 6.75. The molecule has 3 heteroatoms. The molecule has 0 aliphatic rings. The summed E-state index contributed by atoms with van der Waals surface area (Å²) < 4.78 is 0. The number of hydrogen-bond donors (Lipinski definition) is 1. The predicted molar refractivity (Wildman–Crippen MR) is 89.8 cm³/mol. The van der Waals surface area contributed by atoms with Gasteiger partial charge in [-0.25, -0.2) is 0 Å². The van der Waals surface area contributed by atoms with Crippen LogP contribution in [0.2, 0.25) is 5.02 Å². The molecule has 1 unspecified atom stereocenters. The van der Waals surface area contributed by atoms with Gasteiger partial charge in [0.05, 0.1) is 5.02 Å². The molecule has 0 fully saturated rings. The Labute approximate surface area is 130 Å². The van der Waals surface area contributed by atoms with Crippen molar-refractivity contribution in [1.29, 1.82) is 0 Å². The molecule has 0 aliphatic heterocycles. The van der Waals surface area contributed by atoms with E-state index in [-0.39, 0.29) is 6.04 Å².